The molecule has 2 saturated heterocycles. The lowest BCUT2D eigenvalue weighted by Crippen LogP contribution is -2.62. The molecule has 2 N–H and O–H groups in total. The van der Waals surface area contributed by atoms with Gasteiger partial charge in [-0.15, -0.1) is 0 Å². The van der Waals surface area contributed by atoms with E-state index in [1.165, 1.54) is 5.56 Å². The number of benzene rings is 2. The third kappa shape index (κ3) is 9.09. The summed E-state index contributed by atoms with van der Waals surface area (Å²) in [5, 5.41) is 23.1. The van der Waals surface area contributed by atoms with Crippen LogP contribution in [0.3, 0.4) is 0 Å². The number of aryl methyl sites for hydroxylation is 1. The molecule has 3 aliphatic rings. The van der Waals surface area contributed by atoms with Gasteiger partial charge in [0.25, 0.3) is 0 Å². The summed E-state index contributed by atoms with van der Waals surface area (Å²) in [5.41, 5.74) is 8.89. The van der Waals surface area contributed by atoms with Crippen molar-refractivity contribution in [2.24, 2.45) is 16.3 Å². The van der Waals surface area contributed by atoms with Gasteiger partial charge in [0, 0.05) is 97.4 Å². The van der Waals surface area contributed by atoms with Crippen molar-refractivity contribution in [1.82, 2.24) is 54.4 Å². The van der Waals surface area contributed by atoms with E-state index < -0.39 is 5.41 Å². The van der Waals surface area contributed by atoms with Crippen molar-refractivity contribution in [3.8, 4) is 22.3 Å². The molecule has 16 nitrogen and oxygen atoms in total. The topological polar surface area (TPSA) is 151 Å². The van der Waals surface area contributed by atoms with Crippen molar-refractivity contribution in [2.45, 2.75) is 85.0 Å². The first-order valence-electron chi connectivity index (χ1n) is 24.1. The molecule has 0 spiro atoms. The van der Waals surface area contributed by atoms with Gasteiger partial charge in [-0.1, -0.05) is 54.9 Å². The second kappa shape index (κ2) is 18.5. The van der Waals surface area contributed by atoms with E-state index in [1.54, 1.807) is 6.33 Å². The van der Waals surface area contributed by atoms with Gasteiger partial charge in [0.2, 0.25) is 11.8 Å². The number of nitrogens with one attached hydrogen (secondary N) is 2. The van der Waals surface area contributed by atoms with Crippen LogP contribution in [0, 0.1) is 11.3 Å². The number of hydrogen-bond acceptors (Lipinski definition) is 10. The van der Waals surface area contributed by atoms with Crippen molar-refractivity contribution < 1.29 is 9.59 Å². The molecule has 10 rings (SSSR count). The van der Waals surface area contributed by atoms with Gasteiger partial charge < -0.3 is 20.4 Å². The highest BCUT2D eigenvalue weighted by molar-refractivity contribution is 6.30. The van der Waals surface area contributed by atoms with Crippen molar-refractivity contribution >= 4 is 40.6 Å². The smallest absolute Gasteiger partial charge is 0.230 e. The Kier molecular flexibility index (Phi) is 12.3. The Bertz CT molecular complexity index is 3010. The van der Waals surface area contributed by atoms with Gasteiger partial charge in [-0.25, -0.2) is 14.5 Å². The van der Waals surface area contributed by atoms with E-state index in [0.29, 0.717) is 37.9 Å². The molecule has 2 aromatic carbocycles. The molecule has 1 unspecified atom stereocenters. The Morgan fingerprint density at radius 3 is 2.19 bits per heavy atom. The molecule has 8 heterocycles. The first-order valence-corrected chi connectivity index (χ1v) is 24.5. The number of anilines is 1. The van der Waals surface area contributed by atoms with Crippen LogP contribution in [0.15, 0.2) is 109 Å². The standard InChI is InChI=1S/C52H61ClN14O2/c1-8-45(38-15-17-44(53)18-16-38)60-50(68)43-23-62(24-43)49-47-20-40(28-67(47)61(7)32-55-49)42-22-57-65(27-42)34(4)9-10-36-11-13-37(14-12-36)35(5)59-51(69)52(6)29-63(30-52)48-46-19-39(25-66(46)58-31-54-48)41-21-56-64(26-41)33(2)3/h11-22,25-28,31,33-35,43,45H,8-10,23-24,29-30,32H2,1-7H3,(H,59,69)(H,60,68)/t34?,35-,45-/m0/s1. The molecule has 17 heteroatoms. The Labute approximate surface area is 407 Å². The SMILES string of the molecule is CC[C@H](NC(=O)C1CN(C2=NCN(C)n3cc(-c4cnn(C(C)CCc5ccc([C@H](C)NC(=O)C6(C)CN(c7ncnn8cc(-c9cnn(C(C)C)c9)cc78)C6)cc5)c4)cc32)C1)c1ccc(Cl)cc1. The van der Waals surface area contributed by atoms with Gasteiger partial charge in [0.15, 0.2) is 11.7 Å². The monoisotopic (exact) mass is 948 g/mol. The third-order valence-corrected chi connectivity index (χ3v) is 14.5. The molecule has 7 aromatic rings. The molecular weight excluding hydrogens is 888 g/mol. The Morgan fingerprint density at radius 1 is 0.812 bits per heavy atom. The lowest BCUT2D eigenvalue weighted by molar-refractivity contribution is -0.132. The average molecular weight is 950 g/mol. The Balaban J connectivity index is 0.702. The van der Waals surface area contributed by atoms with Gasteiger partial charge in [-0.05, 0) is 94.8 Å². The number of carbonyl (C=O) groups is 2. The van der Waals surface area contributed by atoms with E-state index in [4.69, 9.17) is 21.7 Å². The number of amides is 2. The first-order chi connectivity index (χ1) is 33.2. The zero-order chi connectivity index (χ0) is 48.1. The van der Waals surface area contributed by atoms with E-state index in [2.05, 4.69) is 126 Å². The highest BCUT2D eigenvalue weighted by atomic mass is 35.5. The summed E-state index contributed by atoms with van der Waals surface area (Å²) in [6.45, 7) is 15.5. The largest absolute Gasteiger partial charge is 0.353 e. The molecule has 0 aliphatic carbocycles. The predicted molar refractivity (Wildman–Crippen MR) is 270 cm³/mol. The van der Waals surface area contributed by atoms with Crippen LogP contribution in [0.1, 0.15) is 101 Å². The van der Waals surface area contributed by atoms with E-state index in [0.717, 1.165) is 75.5 Å². The molecule has 3 aliphatic heterocycles. The predicted octanol–water partition coefficient (Wildman–Crippen LogP) is 7.87. The summed E-state index contributed by atoms with van der Waals surface area (Å²) in [6.07, 6.45) is 16.3. The van der Waals surface area contributed by atoms with Crippen molar-refractivity contribution in [1.29, 1.82) is 0 Å². The summed E-state index contributed by atoms with van der Waals surface area (Å²) in [6, 6.07) is 20.8. The molecule has 3 atom stereocenters. The number of aliphatic imine (C=N–C) groups is 1. The number of hydrogen-bond donors (Lipinski definition) is 2. The minimum atomic E-state index is -0.543. The van der Waals surface area contributed by atoms with Crippen LogP contribution >= 0.6 is 11.6 Å². The minimum Gasteiger partial charge on any atom is -0.353 e. The molecular formula is C52H61ClN14O2. The van der Waals surface area contributed by atoms with Gasteiger partial charge in [0.05, 0.1) is 35.8 Å². The fraction of sp³-hybridized carbons (Fsp3) is 0.404. The zero-order valence-electron chi connectivity index (χ0n) is 40.4. The number of rotatable bonds is 15. The van der Waals surface area contributed by atoms with Gasteiger partial charge in [-0.2, -0.15) is 15.3 Å². The number of likely N-dealkylation sites (tertiary alicyclic amines) is 1. The molecule has 2 fully saturated rings. The quantitative estimate of drug-likeness (QED) is 0.105. The maximum absolute atomic E-state index is 13.7. The summed E-state index contributed by atoms with van der Waals surface area (Å²) in [5.74, 6) is 1.74. The van der Waals surface area contributed by atoms with E-state index in [9.17, 15) is 9.59 Å². The average Bonchev–Trinajstić information content (AvgIpc) is 4.16. The number of carbonyl (C=O) groups excluding carboxylic acids is 2. The maximum atomic E-state index is 13.7. The van der Waals surface area contributed by atoms with Crippen LogP contribution in [0.25, 0.3) is 27.8 Å². The lowest BCUT2D eigenvalue weighted by Gasteiger charge is -2.47. The van der Waals surface area contributed by atoms with Crippen LogP contribution in [0.4, 0.5) is 5.82 Å². The zero-order valence-corrected chi connectivity index (χ0v) is 41.2. The molecule has 358 valence electrons. The molecule has 0 bridgehead atoms. The second-order valence-electron chi connectivity index (χ2n) is 19.8. The number of nitrogens with zero attached hydrogens (tertiary/aromatic N) is 12. The number of aromatic nitrogens is 8. The van der Waals surface area contributed by atoms with Crippen LogP contribution < -0.4 is 20.5 Å². The summed E-state index contributed by atoms with van der Waals surface area (Å²) in [4.78, 5) is 40.9. The molecule has 0 saturated carbocycles. The summed E-state index contributed by atoms with van der Waals surface area (Å²) < 4.78 is 8.00. The van der Waals surface area contributed by atoms with Crippen molar-refractivity contribution in [3.63, 3.8) is 0 Å². The van der Waals surface area contributed by atoms with E-state index in [1.807, 2.05) is 79.1 Å². The van der Waals surface area contributed by atoms with E-state index >= 15 is 0 Å². The molecule has 69 heavy (non-hydrogen) atoms. The highest BCUT2D eigenvalue weighted by Gasteiger charge is 2.46. The number of amidine groups is 1. The number of fused-ring (bicyclic) bond motifs is 2. The maximum Gasteiger partial charge on any atom is 0.230 e. The van der Waals surface area contributed by atoms with Crippen LogP contribution in [0.2, 0.25) is 5.02 Å². The molecule has 0 radical (unpaired) electrons. The lowest BCUT2D eigenvalue weighted by atomic mass is 9.80. The van der Waals surface area contributed by atoms with Crippen LogP contribution in [-0.2, 0) is 16.0 Å². The van der Waals surface area contributed by atoms with Crippen LogP contribution in [0.5, 0.6) is 0 Å². The fourth-order valence-electron chi connectivity index (χ4n) is 9.70. The molecule has 2 amide bonds. The first kappa shape index (κ1) is 45.8. The number of halogens is 1. The highest BCUT2D eigenvalue weighted by Crippen LogP contribution is 2.37. The van der Waals surface area contributed by atoms with Crippen LogP contribution in [-0.4, -0.2) is 101 Å². The van der Waals surface area contributed by atoms with E-state index in [-0.39, 0.29) is 41.9 Å². The van der Waals surface area contributed by atoms with Gasteiger partial charge in [0.1, 0.15) is 24.2 Å². The summed E-state index contributed by atoms with van der Waals surface area (Å²) >= 11 is 6.10. The molecule has 5 aromatic heterocycles. The Morgan fingerprint density at radius 2 is 1.49 bits per heavy atom. The minimum absolute atomic E-state index is 0.0359. The Hall–Kier alpha value is -6.94. The van der Waals surface area contributed by atoms with Gasteiger partial charge >= 0.3 is 0 Å². The van der Waals surface area contributed by atoms with Crippen molar-refractivity contribution in [2.75, 3.05) is 49.8 Å². The van der Waals surface area contributed by atoms with Gasteiger partial charge in [-0.3, -0.25) is 28.6 Å². The fourth-order valence-corrected chi connectivity index (χ4v) is 9.83. The third-order valence-electron chi connectivity index (χ3n) is 14.2. The second-order valence-corrected chi connectivity index (χ2v) is 20.2. The van der Waals surface area contributed by atoms with Crippen molar-refractivity contribution in [3.05, 3.63) is 132 Å². The normalized spacial score (nSPS) is 17.0. The summed E-state index contributed by atoms with van der Waals surface area (Å²) in [7, 11) is 2.03.